The molecule has 1 aliphatic heterocycles. The van der Waals surface area contributed by atoms with Crippen molar-refractivity contribution in [2.45, 2.75) is 12.3 Å². The number of nitrogens with zero attached hydrogens (tertiary/aromatic N) is 2. The summed E-state index contributed by atoms with van der Waals surface area (Å²) in [7, 11) is 0. The predicted molar refractivity (Wildman–Crippen MR) is 125 cm³/mol. The van der Waals surface area contributed by atoms with Gasteiger partial charge in [0.25, 0.3) is 11.0 Å². The van der Waals surface area contributed by atoms with Crippen molar-refractivity contribution in [2.24, 2.45) is 0 Å². The Morgan fingerprint density at radius 2 is 1.74 bits per heavy atom. The molecule has 1 unspecified atom stereocenters. The van der Waals surface area contributed by atoms with E-state index in [-0.39, 0.29) is 31.4 Å². The van der Waals surface area contributed by atoms with Gasteiger partial charge in [0.1, 0.15) is 5.75 Å². The number of aliphatic hydroxyl groups excluding tert-OH is 1. The first-order valence-corrected chi connectivity index (χ1v) is 10.8. The molecule has 9 heteroatoms. The van der Waals surface area contributed by atoms with Crippen LogP contribution in [0.4, 0.5) is 0 Å². The molecule has 1 aliphatic rings. The van der Waals surface area contributed by atoms with E-state index in [1.54, 1.807) is 53.5 Å². The second-order valence-electron chi connectivity index (χ2n) is 7.51. The molecule has 4 rings (SSSR count). The van der Waals surface area contributed by atoms with Crippen LogP contribution in [0.2, 0.25) is 5.02 Å². The number of ether oxygens (including phenoxy) is 1. The van der Waals surface area contributed by atoms with Crippen molar-refractivity contribution < 1.29 is 24.6 Å². The van der Waals surface area contributed by atoms with E-state index in [9.17, 15) is 14.9 Å². The molecule has 3 aromatic rings. The molecule has 8 nitrogen and oxygen atoms in total. The van der Waals surface area contributed by atoms with Crippen molar-refractivity contribution in [1.29, 1.82) is 0 Å². The highest BCUT2D eigenvalue weighted by molar-refractivity contribution is 6.30. The zero-order valence-electron chi connectivity index (χ0n) is 18.0. The molecule has 1 amide bonds. The van der Waals surface area contributed by atoms with Gasteiger partial charge in [-0.1, -0.05) is 66.2 Å². The van der Waals surface area contributed by atoms with Crippen LogP contribution >= 0.6 is 11.6 Å². The fourth-order valence-electron chi connectivity index (χ4n) is 4.04. The predicted octanol–water partition coefficient (Wildman–Crippen LogP) is 4.33. The zero-order valence-corrected chi connectivity index (χ0v) is 18.7. The molecule has 0 aromatic heterocycles. The van der Waals surface area contributed by atoms with E-state index >= 15 is 0 Å². The fraction of sp³-hybridized carbons (Fsp3) is 0.160. The normalized spacial score (nSPS) is 17.2. The summed E-state index contributed by atoms with van der Waals surface area (Å²) in [6.45, 7) is 0.171. The van der Waals surface area contributed by atoms with Gasteiger partial charge in [-0.2, -0.15) is 0 Å². The van der Waals surface area contributed by atoms with Crippen LogP contribution in [0.1, 0.15) is 27.0 Å². The SMILES string of the molecule is O=C1c2ccccc2C(OC/C=C\CO)(c2ccc(Cl)cc2)N1Cc1ccc(O[N+](=O)[O-])cc1. The lowest BCUT2D eigenvalue weighted by Gasteiger charge is -2.39. The first kappa shape index (κ1) is 23.4. The van der Waals surface area contributed by atoms with Crippen molar-refractivity contribution in [3.63, 3.8) is 0 Å². The Hall–Kier alpha value is -3.72. The molecule has 0 saturated carbocycles. The van der Waals surface area contributed by atoms with Gasteiger partial charge in [0.2, 0.25) is 0 Å². The van der Waals surface area contributed by atoms with Crippen LogP contribution in [0.25, 0.3) is 0 Å². The van der Waals surface area contributed by atoms with E-state index in [1.807, 2.05) is 24.3 Å². The Morgan fingerprint density at radius 3 is 2.41 bits per heavy atom. The van der Waals surface area contributed by atoms with Crippen LogP contribution in [0, 0.1) is 10.1 Å². The highest BCUT2D eigenvalue weighted by Gasteiger charge is 2.52. The van der Waals surface area contributed by atoms with Crippen molar-refractivity contribution in [3.8, 4) is 5.75 Å². The molecule has 34 heavy (non-hydrogen) atoms. The number of fused-ring (bicyclic) bond motifs is 1. The minimum atomic E-state index is -1.26. The van der Waals surface area contributed by atoms with Gasteiger partial charge in [0.05, 0.1) is 13.2 Å². The molecule has 1 atom stereocenters. The molecule has 0 aliphatic carbocycles. The summed E-state index contributed by atoms with van der Waals surface area (Å²) in [4.78, 5) is 30.3. The molecule has 0 spiro atoms. The number of hydrogen-bond acceptors (Lipinski definition) is 6. The van der Waals surface area contributed by atoms with Gasteiger partial charge in [-0.3, -0.25) is 14.5 Å². The molecule has 0 fully saturated rings. The second kappa shape index (κ2) is 10.0. The minimum absolute atomic E-state index is 0.0825. The van der Waals surface area contributed by atoms with Gasteiger partial charge in [-0.15, -0.1) is 10.1 Å². The summed E-state index contributed by atoms with van der Waals surface area (Å²) in [5.74, 6) is -0.138. The minimum Gasteiger partial charge on any atom is -0.392 e. The van der Waals surface area contributed by atoms with Crippen LogP contribution in [0.15, 0.2) is 84.9 Å². The summed E-state index contributed by atoms with van der Waals surface area (Å²) >= 11 is 6.14. The van der Waals surface area contributed by atoms with Gasteiger partial charge in [-0.25, -0.2) is 0 Å². The van der Waals surface area contributed by atoms with Crippen molar-refractivity contribution in [3.05, 3.63) is 122 Å². The van der Waals surface area contributed by atoms with Gasteiger partial charge in [0, 0.05) is 28.3 Å². The van der Waals surface area contributed by atoms with Gasteiger partial charge in [-0.05, 0) is 35.9 Å². The molecular weight excluding hydrogens is 460 g/mol. The lowest BCUT2D eigenvalue weighted by atomic mass is 9.93. The van der Waals surface area contributed by atoms with Crippen molar-refractivity contribution in [1.82, 2.24) is 4.90 Å². The lowest BCUT2D eigenvalue weighted by molar-refractivity contribution is -0.711. The highest BCUT2D eigenvalue weighted by Crippen LogP contribution is 2.46. The number of aliphatic hydroxyl groups is 1. The van der Waals surface area contributed by atoms with Crippen LogP contribution in [-0.4, -0.2) is 34.2 Å². The van der Waals surface area contributed by atoms with Gasteiger partial charge in [0.15, 0.2) is 5.72 Å². The monoisotopic (exact) mass is 480 g/mol. The molecule has 174 valence electrons. The van der Waals surface area contributed by atoms with Crippen molar-refractivity contribution >= 4 is 17.5 Å². The fourth-order valence-corrected chi connectivity index (χ4v) is 4.17. The Kier molecular flexibility index (Phi) is 6.93. The van der Waals surface area contributed by atoms with E-state index in [1.165, 1.54) is 12.1 Å². The maximum Gasteiger partial charge on any atom is 0.299 e. The third kappa shape index (κ3) is 4.51. The van der Waals surface area contributed by atoms with Gasteiger partial charge >= 0.3 is 0 Å². The Bertz CT molecular complexity index is 1210. The standard InChI is InChI=1S/C25H21ClN2O6/c26-20-11-9-19(10-12-20)25(33-16-4-3-15-29)23-6-2-1-5-22(23)24(30)27(25)17-18-7-13-21(14-8-18)34-28(31)32/h1-14,29H,15-17H2/b4-3-. The van der Waals surface area contributed by atoms with Crippen LogP contribution in [-0.2, 0) is 17.0 Å². The van der Waals surface area contributed by atoms with E-state index in [2.05, 4.69) is 4.84 Å². The largest absolute Gasteiger partial charge is 0.392 e. The van der Waals surface area contributed by atoms with E-state index in [0.717, 1.165) is 5.56 Å². The third-order valence-corrected chi connectivity index (χ3v) is 5.74. The smallest absolute Gasteiger partial charge is 0.299 e. The Labute approximate surface area is 200 Å². The number of benzene rings is 3. The molecule has 1 N–H and O–H groups in total. The van der Waals surface area contributed by atoms with Crippen LogP contribution in [0.5, 0.6) is 5.75 Å². The number of hydrogen-bond donors (Lipinski definition) is 1. The molecule has 0 radical (unpaired) electrons. The van der Waals surface area contributed by atoms with Crippen LogP contribution < -0.4 is 4.84 Å². The maximum absolute atomic E-state index is 13.6. The quantitative estimate of drug-likeness (QED) is 0.278. The second-order valence-corrected chi connectivity index (χ2v) is 7.95. The zero-order chi connectivity index (χ0) is 24.1. The number of carbonyl (C=O) groups excluding carboxylic acids is 1. The molecular formula is C25H21ClN2O6. The third-order valence-electron chi connectivity index (χ3n) is 5.49. The average Bonchev–Trinajstić information content (AvgIpc) is 3.07. The molecule has 0 saturated heterocycles. The van der Waals surface area contributed by atoms with Gasteiger partial charge < -0.3 is 9.84 Å². The molecule has 1 heterocycles. The summed E-state index contributed by atoms with van der Waals surface area (Å²) < 4.78 is 6.43. The van der Waals surface area contributed by atoms with Crippen molar-refractivity contribution in [2.75, 3.05) is 13.2 Å². The summed E-state index contributed by atoms with van der Waals surface area (Å²) in [5, 5.41) is 19.4. The number of halogens is 1. The first-order chi connectivity index (χ1) is 16.5. The van der Waals surface area contributed by atoms with E-state index < -0.39 is 10.8 Å². The topological polar surface area (TPSA) is 102 Å². The first-order valence-electron chi connectivity index (χ1n) is 10.4. The Balaban J connectivity index is 1.80. The summed E-state index contributed by atoms with van der Waals surface area (Å²) in [5.41, 5.74) is 1.38. The highest BCUT2D eigenvalue weighted by atomic mass is 35.5. The average molecular weight is 481 g/mol. The number of carbonyl (C=O) groups is 1. The maximum atomic E-state index is 13.6. The number of amides is 1. The lowest BCUT2D eigenvalue weighted by Crippen LogP contribution is -2.46. The van der Waals surface area contributed by atoms with E-state index in [4.69, 9.17) is 21.4 Å². The molecule has 0 bridgehead atoms. The van der Waals surface area contributed by atoms with Crippen LogP contribution in [0.3, 0.4) is 0 Å². The Morgan fingerprint density at radius 1 is 1.03 bits per heavy atom. The summed E-state index contributed by atoms with van der Waals surface area (Å²) in [6, 6.07) is 20.6. The van der Waals surface area contributed by atoms with E-state index in [0.29, 0.717) is 21.7 Å². The summed E-state index contributed by atoms with van der Waals surface area (Å²) in [6.07, 6.45) is 3.25. The number of rotatable bonds is 9. The molecule has 3 aromatic carbocycles.